The van der Waals surface area contributed by atoms with E-state index in [9.17, 15) is 9.59 Å². The van der Waals surface area contributed by atoms with Crippen molar-refractivity contribution in [3.05, 3.63) is 106 Å². The van der Waals surface area contributed by atoms with E-state index in [2.05, 4.69) is 11.4 Å². The molecule has 1 aliphatic heterocycles. The van der Waals surface area contributed by atoms with Gasteiger partial charge in [-0.15, -0.1) is 11.8 Å². The minimum absolute atomic E-state index is 0.0299. The minimum Gasteiger partial charge on any atom is -0.351 e. The lowest BCUT2D eigenvalue weighted by Gasteiger charge is -2.24. The number of halogens is 1. The third-order valence-corrected chi connectivity index (χ3v) is 7.83. The van der Waals surface area contributed by atoms with E-state index >= 15 is 0 Å². The summed E-state index contributed by atoms with van der Waals surface area (Å²) in [5, 5.41) is 3.69. The van der Waals surface area contributed by atoms with Crippen molar-refractivity contribution < 1.29 is 9.59 Å². The summed E-state index contributed by atoms with van der Waals surface area (Å²) >= 11 is 9.40. The lowest BCUT2D eigenvalue weighted by atomic mass is 10.1. The first-order chi connectivity index (χ1) is 16.1. The van der Waals surface area contributed by atoms with Crippen molar-refractivity contribution >= 4 is 46.9 Å². The molecule has 3 aromatic carbocycles. The maximum Gasteiger partial charge on any atom is 0.251 e. The van der Waals surface area contributed by atoms with Gasteiger partial charge in [-0.1, -0.05) is 66.2 Å². The lowest BCUT2D eigenvalue weighted by molar-refractivity contribution is -0.128. The van der Waals surface area contributed by atoms with Crippen LogP contribution >= 0.6 is 35.1 Å². The Morgan fingerprint density at radius 1 is 1.03 bits per heavy atom. The Morgan fingerprint density at radius 2 is 1.79 bits per heavy atom. The molecule has 0 bridgehead atoms. The smallest absolute Gasteiger partial charge is 0.251 e. The fourth-order valence-electron chi connectivity index (χ4n) is 3.64. The molecule has 4 nitrogen and oxygen atoms in total. The van der Waals surface area contributed by atoms with Crippen LogP contribution in [0.25, 0.3) is 0 Å². The zero-order valence-corrected chi connectivity index (χ0v) is 20.5. The highest BCUT2D eigenvalue weighted by Crippen LogP contribution is 2.39. The van der Waals surface area contributed by atoms with Gasteiger partial charge in [0, 0.05) is 35.2 Å². The topological polar surface area (TPSA) is 49.4 Å². The Morgan fingerprint density at radius 3 is 2.55 bits per heavy atom. The third kappa shape index (κ3) is 6.56. The van der Waals surface area contributed by atoms with Crippen LogP contribution < -0.4 is 5.32 Å². The van der Waals surface area contributed by atoms with E-state index in [0.717, 1.165) is 27.7 Å². The Bertz CT molecular complexity index is 1090. The van der Waals surface area contributed by atoms with Crippen molar-refractivity contribution in [1.82, 2.24) is 10.2 Å². The van der Waals surface area contributed by atoms with E-state index in [4.69, 9.17) is 11.6 Å². The second-order valence-corrected chi connectivity index (χ2v) is 10.3. The molecule has 0 unspecified atom stereocenters. The highest BCUT2D eigenvalue weighted by atomic mass is 35.5. The van der Waals surface area contributed by atoms with Gasteiger partial charge in [0.15, 0.2) is 0 Å². The van der Waals surface area contributed by atoms with Crippen molar-refractivity contribution in [2.75, 3.05) is 18.1 Å². The number of carbonyl (C=O) groups is 2. The number of rotatable bonds is 9. The Labute approximate surface area is 208 Å². The molecule has 0 aliphatic carbocycles. The highest BCUT2D eigenvalue weighted by molar-refractivity contribution is 8.00. The van der Waals surface area contributed by atoms with Gasteiger partial charge in [-0.2, -0.15) is 11.8 Å². The molecular weight excluding hydrogens is 472 g/mol. The van der Waals surface area contributed by atoms with Crippen molar-refractivity contribution in [2.24, 2.45) is 0 Å². The molecule has 1 saturated heterocycles. The zero-order valence-electron chi connectivity index (χ0n) is 18.1. The summed E-state index contributed by atoms with van der Waals surface area (Å²) in [6.07, 6.45) is 0. The number of amides is 2. The number of carbonyl (C=O) groups excluding carboxylic acids is 2. The largest absolute Gasteiger partial charge is 0.351 e. The summed E-state index contributed by atoms with van der Waals surface area (Å²) in [5.74, 6) is 2.23. The number of nitrogens with zero attached hydrogens (tertiary/aromatic N) is 1. The van der Waals surface area contributed by atoms with Gasteiger partial charge in [-0.05, 0) is 41.0 Å². The Hall–Kier alpha value is -2.41. The third-order valence-electron chi connectivity index (χ3n) is 5.31. The molecule has 33 heavy (non-hydrogen) atoms. The molecule has 170 valence electrons. The van der Waals surface area contributed by atoms with Crippen LogP contribution in [0.5, 0.6) is 0 Å². The molecule has 1 N–H and O–H groups in total. The summed E-state index contributed by atoms with van der Waals surface area (Å²) in [4.78, 5) is 26.9. The first kappa shape index (κ1) is 23.7. The first-order valence-corrected chi connectivity index (χ1v) is 13.3. The van der Waals surface area contributed by atoms with Gasteiger partial charge in [-0.3, -0.25) is 9.59 Å². The number of nitrogens with one attached hydrogen (secondary N) is 1. The van der Waals surface area contributed by atoms with Crippen molar-refractivity contribution in [1.29, 1.82) is 0 Å². The molecule has 0 radical (unpaired) electrons. The van der Waals surface area contributed by atoms with Crippen LogP contribution in [0.2, 0.25) is 5.02 Å². The van der Waals surface area contributed by atoms with Crippen LogP contribution in [0.3, 0.4) is 0 Å². The molecule has 2 amide bonds. The van der Waals surface area contributed by atoms with Crippen LogP contribution in [0, 0.1) is 0 Å². The second-order valence-electron chi connectivity index (χ2n) is 7.73. The maximum atomic E-state index is 12.5. The van der Waals surface area contributed by atoms with Gasteiger partial charge < -0.3 is 10.2 Å². The van der Waals surface area contributed by atoms with Gasteiger partial charge in [-0.25, -0.2) is 0 Å². The van der Waals surface area contributed by atoms with Crippen molar-refractivity contribution in [2.45, 2.75) is 17.7 Å². The average Bonchev–Trinajstić information content (AvgIpc) is 3.19. The normalized spacial score (nSPS) is 15.6. The number of hydrogen-bond acceptors (Lipinski definition) is 4. The van der Waals surface area contributed by atoms with E-state index in [1.165, 1.54) is 5.56 Å². The minimum atomic E-state index is -0.0822. The highest BCUT2D eigenvalue weighted by Gasteiger charge is 2.32. The Balaban J connectivity index is 1.27. The molecule has 0 aromatic heterocycles. The van der Waals surface area contributed by atoms with Gasteiger partial charge >= 0.3 is 0 Å². The van der Waals surface area contributed by atoms with Crippen LogP contribution in [-0.2, 0) is 17.1 Å². The van der Waals surface area contributed by atoms with Crippen LogP contribution in [0.1, 0.15) is 32.4 Å². The molecule has 1 fully saturated rings. The molecule has 1 heterocycles. The van der Waals surface area contributed by atoms with Crippen molar-refractivity contribution in [3.8, 4) is 0 Å². The van der Waals surface area contributed by atoms with Crippen LogP contribution in [0.15, 0.2) is 78.9 Å². The SMILES string of the molecule is O=C(NCCSCc1cccc(Cl)c1)c1ccc([C@@H]2SCC(=O)N2Cc2ccccc2)cc1. The number of benzene rings is 3. The fraction of sp³-hybridized carbons (Fsp3) is 0.231. The molecule has 0 saturated carbocycles. The van der Waals surface area contributed by atoms with E-state index in [1.54, 1.807) is 23.5 Å². The lowest BCUT2D eigenvalue weighted by Crippen LogP contribution is -2.28. The zero-order chi connectivity index (χ0) is 23.0. The summed E-state index contributed by atoms with van der Waals surface area (Å²) in [7, 11) is 0. The second kappa shape index (κ2) is 11.6. The van der Waals surface area contributed by atoms with E-state index in [-0.39, 0.29) is 17.2 Å². The predicted molar refractivity (Wildman–Crippen MR) is 139 cm³/mol. The Kier molecular flexibility index (Phi) is 8.37. The van der Waals surface area contributed by atoms with E-state index in [0.29, 0.717) is 24.4 Å². The van der Waals surface area contributed by atoms with Crippen molar-refractivity contribution in [3.63, 3.8) is 0 Å². The quantitative estimate of drug-likeness (QED) is 0.382. The maximum absolute atomic E-state index is 12.5. The molecule has 4 rings (SSSR count). The van der Waals surface area contributed by atoms with Crippen LogP contribution in [-0.4, -0.2) is 34.8 Å². The number of hydrogen-bond donors (Lipinski definition) is 1. The fourth-order valence-corrected chi connectivity index (χ4v) is 5.84. The average molecular weight is 497 g/mol. The first-order valence-electron chi connectivity index (χ1n) is 10.8. The van der Waals surface area contributed by atoms with E-state index < -0.39 is 0 Å². The summed E-state index contributed by atoms with van der Waals surface area (Å²) in [5.41, 5.74) is 3.96. The molecule has 0 spiro atoms. The number of thioether (sulfide) groups is 2. The molecule has 7 heteroatoms. The van der Waals surface area contributed by atoms with Gasteiger partial charge in [0.05, 0.1) is 5.75 Å². The monoisotopic (exact) mass is 496 g/mol. The summed E-state index contributed by atoms with van der Waals surface area (Å²) in [6.45, 7) is 1.19. The molecule has 1 aliphatic rings. The molecule has 1 atom stereocenters. The van der Waals surface area contributed by atoms with Crippen LogP contribution in [0.4, 0.5) is 0 Å². The summed E-state index contributed by atoms with van der Waals surface area (Å²) < 4.78 is 0. The summed E-state index contributed by atoms with van der Waals surface area (Å²) in [6, 6.07) is 25.4. The predicted octanol–water partition coefficient (Wildman–Crippen LogP) is 5.78. The molecule has 3 aromatic rings. The standard InChI is InChI=1S/C26H25ClN2O2S2/c27-23-8-4-7-20(15-23)17-32-14-13-28-25(31)21-9-11-22(12-10-21)26-29(24(30)18-33-26)16-19-5-2-1-3-6-19/h1-12,15,26H,13-14,16-18H2,(H,28,31)/t26-/m0/s1. The van der Waals surface area contributed by atoms with Gasteiger partial charge in [0.2, 0.25) is 5.91 Å². The van der Waals surface area contributed by atoms with E-state index in [1.807, 2.05) is 77.7 Å². The van der Waals surface area contributed by atoms with Gasteiger partial charge in [0.25, 0.3) is 5.91 Å². The molecular formula is C26H25ClN2O2S2. The van der Waals surface area contributed by atoms with Gasteiger partial charge in [0.1, 0.15) is 5.37 Å².